The highest BCUT2D eigenvalue weighted by Crippen LogP contribution is 2.37. The van der Waals surface area contributed by atoms with Crippen molar-refractivity contribution < 1.29 is 5.11 Å². The van der Waals surface area contributed by atoms with Gasteiger partial charge in [-0.1, -0.05) is 26.0 Å². The molecule has 1 aromatic carbocycles. The molecule has 0 spiro atoms. The Morgan fingerprint density at radius 3 is 2.53 bits per heavy atom. The SMILES string of the molecule is CCCN(CCC)C1(C)CCc2cccc(O)c2C1. The zero-order valence-corrected chi connectivity index (χ0v) is 12.6. The molecule has 1 unspecified atom stereocenters. The lowest BCUT2D eigenvalue weighted by Crippen LogP contribution is -2.50. The molecule has 19 heavy (non-hydrogen) atoms. The van der Waals surface area contributed by atoms with E-state index in [1.165, 1.54) is 30.4 Å². The summed E-state index contributed by atoms with van der Waals surface area (Å²) in [6.45, 7) is 9.19. The summed E-state index contributed by atoms with van der Waals surface area (Å²) in [6.07, 6.45) is 5.66. The second-order valence-corrected chi connectivity index (χ2v) is 6.08. The maximum atomic E-state index is 10.1. The Morgan fingerprint density at radius 1 is 1.21 bits per heavy atom. The van der Waals surface area contributed by atoms with Gasteiger partial charge in [-0.25, -0.2) is 0 Å². The van der Waals surface area contributed by atoms with Crippen LogP contribution in [0.25, 0.3) is 0 Å². The Balaban J connectivity index is 2.24. The first kappa shape index (κ1) is 14.4. The minimum absolute atomic E-state index is 0.206. The molecular weight excluding hydrogens is 234 g/mol. The van der Waals surface area contributed by atoms with E-state index in [2.05, 4.69) is 31.7 Å². The molecule has 0 radical (unpaired) electrons. The van der Waals surface area contributed by atoms with Crippen LogP contribution in [-0.4, -0.2) is 28.6 Å². The van der Waals surface area contributed by atoms with Gasteiger partial charge in [-0.2, -0.15) is 0 Å². The van der Waals surface area contributed by atoms with Gasteiger partial charge in [0.15, 0.2) is 0 Å². The summed E-state index contributed by atoms with van der Waals surface area (Å²) in [6, 6.07) is 5.96. The summed E-state index contributed by atoms with van der Waals surface area (Å²) in [7, 11) is 0. The Kier molecular flexibility index (Phi) is 4.51. The molecule has 1 aliphatic carbocycles. The molecule has 1 aromatic rings. The van der Waals surface area contributed by atoms with Crippen LogP contribution in [0.3, 0.4) is 0 Å². The molecule has 106 valence electrons. The van der Waals surface area contributed by atoms with Gasteiger partial charge in [-0.15, -0.1) is 0 Å². The molecule has 2 heteroatoms. The first-order valence-electron chi connectivity index (χ1n) is 7.65. The van der Waals surface area contributed by atoms with Crippen LogP contribution in [0.4, 0.5) is 0 Å². The van der Waals surface area contributed by atoms with Gasteiger partial charge in [0, 0.05) is 5.54 Å². The van der Waals surface area contributed by atoms with Gasteiger partial charge >= 0.3 is 0 Å². The maximum absolute atomic E-state index is 10.1. The number of fused-ring (bicyclic) bond motifs is 1. The number of benzene rings is 1. The lowest BCUT2D eigenvalue weighted by atomic mass is 9.77. The molecule has 2 rings (SSSR count). The van der Waals surface area contributed by atoms with Gasteiger partial charge in [-0.05, 0) is 69.3 Å². The molecule has 0 aliphatic heterocycles. The summed E-state index contributed by atoms with van der Waals surface area (Å²) in [5.74, 6) is 0.483. The van der Waals surface area contributed by atoms with Gasteiger partial charge in [0.1, 0.15) is 5.75 Å². The Morgan fingerprint density at radius 2 is 1.89 bits per heavy atom. The first-order chi connectivity index (χ1) is 9.10. The largest absolute Gasteiger partial charge is 0.508 e. The average Bonchev–Trinajstić information content (AvgIpc) is 2.40. The quantitative estimate of drug-likeness (QED) is 0.872. The number of hydrogen-bond donors (Lipinski definition) is 1. The molecule has 1 atom stereocenters. The van der Waals surface area contributed by atoms with Crippen LogP contribution in [0.5, 0.6) is 5.75 Å². The summed E-state index contributed by atoms with van der Waals surface area (Å²) < 4.78 is 0. The van der Waals surface area contributed by atoms with Gasteiger partial charge in [-0.3, -0.25) is 4.90 Å². The van der Waals surface area contributed by atoms with Crippen molar-refractivity contribution in [2.24, 2.45) is 0 Å². The van der Waals surface area contributed by atoms with Crippen molar-refractivity contribution in [3.05, 3.63) is 29.3 Å². The number of rotatable bonds is 5. The molecule has 0 aromatic heterocycles. The normalized spacial score (nSPS) is 22.5. The molecule has 0 bridgehead atoms. The number of hydrogen-bond acceptors (Lipinski definition) is 2. The van der Waals surface area contributed by atoms with Gasteiger partial charge in [0.25, 0.3) is 0 Å². The summed E-state index contributed by atoms with van der Waals surface area (Å²) in [5.41, 5.74) is 2.72. The highest BCUT2D eigenvalue weighted by atomic mass is 16.3. The molecule has 0 heterocycles. The van der Waals surface area contributed by atoms with Crippen LogP contribution < -0.4 is 0 Å². The zero-order valence-electron chi connectivity index (χ0n) is 12.6. The van der Waals surface area contributed by atoms with Gasteiger partial charge in [0.05, 0.1) is 0 Å². The second-order valence-electron chi connectivity index (χ2n) is 6.08. The Hall–Kier alpha value is -1.02. The predicted octanol–water partition coefficient (Wildman–Crippen LogP) is 3.76. The van der Waals surface area contributed by atoms with E-state index < -0.39 is 0 Å². The monoisotopic (exact) mass is 261 g/mol. The zero-order chi connectivity index (χ0) is 13.9. The third-order valence-electron chi connectivity index (χ3n) is 4.49. The fraction of sp³-hybridized carbons (Fsp3) is 0.647. The molecule has 0 saturated carbocycles. The molecule has 2 nitrogen and oxygen atoms in total. The predicted molar refractivity (Wildman–Crippen MR) is 80.7 cm³/mol. The molecule has 1 N–H and O–H groups in total. The van der Waals surface area contributed by atoms with Crippen LogP contribution in [0.15, 0.2) is 18.2 Å². The minimum Gasteiger partial charge on any atom is -0.508 e. The number of nitrogens with zero attached hydrogens (tertiary/aromatic N) is 1. The van der Waals surface area contributed by atoms with Crippen molar-refractivity contribution in [1.82, 2.24) is 4.90 Å². The lowest BCUT2D eigenvalue weighted by molar-refractivity contribution is 0.0876. The molecule has 0 fully saturated rings. The summed E-state index contributed by atoms with van der Waals surface area (Å²) >= 11 is 0. The second kappa shape index (κ2) is 5.96. The van der Waals surface area contributed by atoms with Crippen LogP contribution in [-0.2, 0) is 12.8 Å². The number of phenolic OH excluding ortho intramolecular Hbond substituents is 1. The van der Waals surface area contributed by atoms with Crippen molar-refractivity contribution in [1.29, 1.82) is 0 Å². The van der Waals surface area contributed by atoms with E-state index >= 15 is 0 Å². The van der Waals surface area contributed by atoms with Crippen molar-refractivity contribution in [2.75, 3.05) is 13.1 Å². The maximum Gasteiger partial charge on any atom is 0.119 e. The van der Waals surface area contributed by atoms with Crippen molar-refractivity contribution >= 4 is 0 Å². The molecule has 0 amide bonds. The highest BCUT2D eigenvalue weighted by Gasteiger charge is 2.35. The van der Waals surface area contributed by atoms with Crippen LogP contribution in [0.2, 0.25) is 0 Å². The van der Waals surface area contributed by atoms with Gasteiger partial charge < -0.3 is 5.11 Å². The van der Waals surface area contributed by atoms with E-state index in [1.54, 1.807) is 0 Å². The smallest absolute Gasteiger partial charge is 0.119 e. The molecular formula is C17H27NO. The molecule has 0 saturated heterocycles. The number of phenols is 1. The first-order valence-corrected chi connectivity index (χ1v) is 7.65. The van der Waals surface area contributed by atoms with E-state index in [0.717, 1.165) is 25.9 Å². The van der Waals surface area contributed by atoms with Gasteiger partial charge in [0.2, 0.25) is 0 Å². The molecule has 1 aliphatic rings. The average molecular weight is 261 g/mol. The van der Waals surface area contributed by atoms with Crippen LogP contribution in [0, 0.1) is 0 Å². The Labute approximate surface area is 117 Å². The fourth-order valence-corrected chi connectivity index (χ4v) is 3.39. The minimum atomic E-state index is 0.206. The van der Waals surface area contributed by atoms with E-state index in [1.807, 2.05) is 12.1 Å². The number of aryl methyl sites for hydroxylation is 1. The fourth-order valence-electron chi connectivity index (χ4n) is 3.39. The number of aromatic hydroxyl groups is 1. The van der Waals surface area contributed by atoms with E-state index in [0.29, 0.717) is 5.75 Å². The van der Waals surface area contributed by atoms with Crippen LogP contribution >= 0.6 is 0 Å². The third kappa shape index (κ3) is 2.94. The van der Waals surface area contributed by atoms with E-state index in [4.69, 9.17) is 0 Å². The standard InChI is InChI=1S/C17H27NO/c1-4-11-18(12-5-2)17(3)10-9-14-7-6-8-16(19)15(14)13-17/h6-8,19H,4-5,9-13H2,1-3H3. The third-order valence-corrected chi connectivity index (χ3v) is 4.49. The van der Waals surface area contributed by atoms with Crippen molar-refractivity contribution in [2.45, 2.75) is 58.4 Å². The lowest BCUT2D eigenvalue weighted by Gasteiger charge is -2.44. The summed E-state index contributed by atoms with van der Waals surface area (Å²) in [4.78, 5) is 2.63. The van der Waals surface area contributed by atoms with E-state index in [9.17, 15) is 5.11 Å². The Bertz CT molecular complexity index is 423. The topological polar surface area (TPSA) is 23.5 Å². The van der Waals surface area contributed by atoms with Crippen molar-refractivity contribution in [3.63, 3.8) is 0 Å². The highest BCUT2D eigenvalue weighted by molar-refractivity contribution is 5.42. The van der Waals surface area contributed by atoms with E-state index in [-0.39, 0.29) is 5.54 Å². The van der Waals surface area contributed by atoms with Crippen LogP contribution in [0.1, 0.15) is 51.2 Å². The van der Waals surface area contributed by atoms with Crippen molar-refractivity contribution in [3.8, 4) is 5.75 Å². The summed E-state index contributed by atoms with van der Waals surface area (Å²) in [5, 5.41) is 10.1.